The number of amides is 1. The molecule has 2 N–H and O–H groups in total. The number of carbonyl (C=O) groups excluding carboxylic acids is 1. The molecule has 2 heterocycles. The molecule has 1 saturated heterocycles. The van der Waals surface area contributed by atoms with Crippen LogP contribution in [0.5, 0.6) is 0 Å². The van der Waals surface area contributed by atoms with Gasteiger partial charge in [-0.3, -0.25) is 9.78 Å². The SMILES string of the molecule is O=C(Nc1ccc(F)cc1)c1cncc(NCC2CCCO2)c1. The van der Waals surface area contributed by atoms with Crippen molar-refractivity contribution in [2.75, 3.05) is 23.8 Å². The second kappa shape index (κ2) is 7.19. The first-order valence-electron chi connectivity index (χ1n) is 7.58. The summed E-state index contributed by atoms with van der Waals surface area (Å²) in [7, 11) is 0. The summed E-state index contributed by atoms with van der Waals surface area (Å²) in [6.07, 6.45) is 5.52. The van der Waals surface area contributed by atoms with Gasteiger partial charge in [-0.05, 0) is 43.2 Å². The largest absolute Gasteiger partial charge is 0.381 e. The molecule has 6 heteroatoms. The predicted molar refractivity (Wildman–Crippen MR) is 86.1 cm³/mol. The van der Waals surface area contributed by atoms with Gasteiger partial charge in [-0.2, -0.15) is 0 Å². The minimum atomic E-state index is -0.343. The molecule has 1 atom stereocenters. The van der Waals surface area contributed by atoms with Crippen LogP contribution in [0.3, 0.4) is 0 Å². The third-order valence-corrected chi connectivity index (χ3v) is 3.66. The molecule has 1 fully saturated rings. The zero-order valence-corrected chi connectivity index (χ0v) is 12.6. The fourth-order valence-electron chi connectivity index (χ4n) is 2.43. The van der Waals surface area contributed by atoms with Crippen LogP contribution in [0.1, 0.15) is 23.2 Å². The molecule has 0 spiro atoms. The molecule has 2 aromatic rings. The summed E-state index contributed by atoms with van der Waals surface area (Å²) in [5.74, 6) is -0.630. The van der Waals surface area contributed by atoms with Crippen molar-refractivity contribution in [1.82, 2.24) is 4.98 Å². The lowest BCUT2D eigenvalue weighted by Gasteiger charge is -2.12. The Labute approximate surface area is 133 Å². The molecule has 1 aromatic carbocycles. The van der Waals surface area contributed by atoms with Crippen LogP contribution in [0.2, 0.25) is 0 Å². The molecule has 5 nitrogen and oxygen atoms in total. The van der Waals surface area contributed by atoms with Gasteiger partial charge in [0.2, 0.25) is 0 Å². The van der Waals surface area contributed by atoms with Gasteiger partial charge in [0.25, 0.3) is 5.91 Å². The number of ether oxygens (including phenoxy) is 1. The van der Waals surface area contributed by atoms with Gasteiger partial charge < -0.3 is 15.4 Å². The Balaban J connectivity index is 1.61. The molecule has 1 aromatic heterocycles. The van der Waals surface area contributed by atoms with Crippen LogP contribution in [0.15, 0.2) is 42.7 Å². The number of hydrogen-bond donors (Lipinski definition) is 2. The third-order valence-electron chi connectivity index (χ3n) is 3.66. The fourth-order valence-corrected chi connectivity index (χ4v) is 2.43. The van der Waals surface area contributed by atoms with E-state index in [1.54, 1.807) is 12.3 Å². The van der Waals surface area contributed by atoms with Crippen molar-refractivity contribution < 1.29 is 13.9 Å². The zero-order chi connectivity index (χ0) is 16.1. The Morgan fingerprint density at radius 2 is 2.09 bits per heavy atom. The van der Waals surface area contributed by atoms with Gasteiger partial charge in [0.15, 0.2) is 0 Å². The van der Waals surface area contributed by atoms with Gasteiger partial charge in [-0.15, -0.1) is 0 Å². The summed E-state index contributed by atoms with van der Waals surface area (Å²) in [6.45, 7) is 1.51. The summed E-state index contributed by atoms with van der Waals surface area (Å²) < 4.78 is 18.4. The standard InChI is InChI=1S/C17H18FN3O2/c18-13-3-5-14(6-4-13)21-17(22)12-8-15(10-19-9-12)20-11-16-2-1-7-23-16/h3-6,8-10,16,20H,1-2,7,11H2,(H,21,22). The van der Waals surface area contributed by atoms with Gasteiger partial charge in [-0.1, -0.05) is 0 Å². The van der Waals surface area contributed by atoms with E-state index in [9.17, 15) is 9.18 Å². The number of halogens is 1. The van der Waals surface area contributed by atoms with Crippen LogP contribution in [0, 0.1) is 5.82 Å². The summed E-state index contributed by atoms with van der Waals surface area (Å²) in [4.78, 5) is 16.3. The van der Waals surface area contributed by atoms with Crippen LogP contribution in [-0.4, -0.2) is 30.1 Å². The van der Waals surface area contributed by atoms with Crippen molar-refractivity contribution in [1.29, 1.82) is 0 Å². The van der Waals surface area contributed by atoms with Gasteiger partial charge in [-0.25, -0.2) is 4.39 Å². The minimum absolute atomic E-state index is 0.215. The molecular weight excluding hydrogens is 297 g/mol. The predicted octanol–water partition coefficient (Wildman–Crippen LogP) is 3.06. The Kier molecular flexibility index (Phi) is 4.83. The highest BCUT2D eigenvalue weighted by molar-refractivity contribution is 6.04. The van der Waals surface area contributed by atoms with Crippen molar-refractivity contribution >= 4 is 17.3 Å². The van der Waals surface area contributed by atoms with Crippen molar-refractivity contribution in [3.05, 3.63) is 54.1 Å². The van der Waals surface area contributed by atoms with Crippen molar-refractivity contribution in [3.63, 3.8) is 0 Å². The lowest BCUT2D eigenvalue weighted by atomic mass is 10.2. The smallest absolute Gasteiger partial charge is 0.257 e. The Hall–Kier alpha value is -2.47. The van der Waals surface area contributed by atoms with E-state index in [2.05, 4.69) is 15.6 Å². The minimum Gasteiger partial charge on any atom is -0.381 e. The van der Waals surface area contributed by atoms with Crippen molar-refractivity contribution in [2.45, 2.75) is 18.9 Å². The van der Waals surface area contributed by atoms with Crippen molar-refractivity contribution in [2.24, 2.45) is 0 Å². The summed E-state index contributed by atoms with van der Waals surface area (Å²) >= 11 is 0. The second-order valence-corrected chi connectivity index (χ2v) is 5.44. The monoisotopic (exact) mass is 315 g/mol. The van der Waals surface area contributed by atoms with Gasteiger partial charge in [0.1, 0.15) is 5.82 Å². The molecular formula is C17H18FN3O2. The molecule has 1 aliphatic rings. The maximum absolute atomic E-state index is 12.9. The second-order valence-electron chi connectivity index (χ2n) is 5.44. The lowest BCUT2D eigenvalue weighted by Crippen LogP contribution is -2.19. The number of nitrogens with zero attached hydrogens (tertiary/aromatic N) is 1. The van der Waals surface area contributed by atoms with E-state index in [4.69, 9.17) is 4.74 Å². The van der Waals surface area contributed by atoms with Gasteiger partial charge in [0, 0.05) is 31.2 Å². The Morgan fingerprint density at radius 3 is 2.83 bits per heavy atom. The number of hydrogen-bond acceptors (Lipinski definition) is 4. The number of carbonyl (C=O) groups is 1. The van der Waals surface area contributed by atoms with Crippen LogP contribution < -0.4 is 10.6 Å². The molecule has 1 aliphatic heterocycles. The van der Waals surface area contributed by atoms with E-state index in [1.807, 2.05) is 0 Å². The summed E-state index contributed by atoms with van der Waals surface area (Å²) in [6, 6.07) is 7.36. The topological polar surface area (TPSA) is 63.2 Å². The van der Waals surface area contributed by atoms with E-state index >= 15 is 0 Å². The molecule has 120 valence electrons. The van der Waals surface area contributed by atoms with Crippen LogP contribution in [-0.2, 0) is 4.74 Å². The molecule has 0 aliphatic carbocycles. The van der Waals surface area contributed by atoms with E-state index in [0.29, 0.717) is 17.8 Å². The van der Waals surface area contributed by atoms with E-state index in [0.717, 1.165) is 25.1 Å². The van der Waals surface area contributed by atoms with Crippen molar-refractivity contribution in [3.8, 4) is 0 Å². The highest BCUT2D eigenvalue weighted by Gasteiger charge is 2.15. The van der Waals surface area contributed by atoms with Gasteiger partial charge in [0.05, 0.1) is 17.4 Å². The van der Waals surface area contributed by atoms with E-state index in [1.165, 1.54) is 30.5 Å². The molecule has 23 heavy (non-hydrogen) atoms. The number of nitrogens with one attached hydrogen (secondary N) is 2. The normalized spacial score (nSPS) is 17.0. The number of pyridine rings is 1. The number of anilines is 2. The molecule has 1 amide bonds. The first-order valence-corrected chi connectivity index (χ1v) is 7.58. The molecule has 0 radical (unpaired) electrons. The molecule has 0 bridgehead atoms. The lowest BCUT2D eigenvalue weighted by molar-refractivity contribution is 0.102. The maximum atomic E-state index is 12.9. The third kappa shape index (κ3) is 4.26. The average Bonchev–Trinajstić information content (AvgIpc) is 3.09. The average molecular weight is 315 g/mol. The van der Waals surface area contributed by atoms with E-state index < -0.39 is 0 Å². The van der Waals surface area contributed by atoms with Gasteiger partial charge >= 0.3 is 0 Å². The zero-order valence-electron chi connectivity index (χ0n) is 12.6. The Bertz CT molecular complexity index is 670. The Morgan fingerprint density at radius 1 is 1.26 bits per heavy atom. The first kappa shape index (κ1) is 15.4. The molecule has 1 unspecified atom stereocenters. The quantitative estimate of drug-likeness (QED) is 0.890. The number of aromatic nitrogens is 1. The molecule has 3 rings (SSSR count). The summed E-state index contributed by atoms with van der Waals surface area (Å²) in [5, 5.41) is 5.95. The molecule has 0 saturated carbocycles. The van der Waals surface area contributed by atoms with Crippen LogP contribution >= 0.6 is 0 Å². The maximum Gasteiger partial charge on any atom is 0.257 e. The fraction of sp³-hybridized carbons (Fsp3) is 0.294. The summed E-state index contributed by atoms with van der Waals surface area (Å²) in [5.41, 5.74) is 1.74. The van der Waals surface area contributed by atoms with E-state index in [-0.39, 0.29) is 17.8 Å². The highest BCUT2D eigenvalue weighted by atomic mass is 19.1. The highest BCUT2D eigenvalue weighted by Crippen LogP contribution is 2.15. The number of benzene rings is 1. The van der Waals surface area contributed by atoms with Crippen LogP contribution in [0.4, 0.5) is 15.8 Å². The number of rotatable bonds is 5. The first-order chi connectivity index (χ1) is 11.2. The van der Waals surface area contributed by atoms with Crippen LogP contribution in [0.25, 0.3) is 0 Å².